The van der Waals surface area contributed by atoms with E-state index in [0.29, 0.717) is 6.04 Å². The molecule has 0 aromatic heterocycles. The van der Waals surface area contributed by atoms with Crippen LogP contribution in [0.5, 0.6) is 0 Å². The first kappa shape index (κ1) is 10.1. The van der Waals surface area contributed by atoms with Crippen LogP contribution in [0, 0.1) is 0 Å². The molecule has 0 radical (unpaired) electrons. The van der Waals surface area contributed by atoms with E-state index in [2.05, 4.69) is 35.6 Å². The fraction of sp³-hybridized carbons (Fsp3) is 0.538. The van der Waals surface area contributed by atoms with Gasteiger partial charge in [-0.3, -0.25) is 0 Å². The molecule has 0 spiro atoms. The Bertz CT molecular complexity index is 400. The summed E-state index contributed by atoms with van der Waals surface area (Å²) in [5, 5.41) is 2.24. The Hall–Kier alpha value is -1.06. The van der Waals surface area contributed by atoms with Crippen molar-refractivity contribution in [2.45, 2.75) is 38.3 Å². The van der Waals surface area contributed by atoms with Crippen molar-refractivity contribution in [3.8, 4) is 0 Å². The van der Waals surface area contributed by atoms with E-state index in [4.69, 9.17) is 5.73 Å². The predicted molar refractivity (Wildman–Crippen MR) is 66.3 cm³/mol. The number of nitrogens with one attached hydrogen (secondary N) is 1. The molecule has 2 atom stereocenters. The van der Waals surface area contributed by atoms with Crippen LogP contribution in [0.2, 0.25) is 0 Å². The zero-order valence-corrected chi connectivity index (χ0v) is 9.74. The molecule has 1 heterocycles. The van der Waals surface area contributed by atoms with Crippen LogP contribution in [-0.4, -0.2) is 12.6 Å². The van der Waals surface area contributed by atoms with Crippen molar-refractivity contribution in [2.75, 3.05) is 11.6 Å². The second-order valence-corrected chi connectivity index (χ2v) is 5.01. The first-order chi connectivity index (χ1) is 7.75. The molecule has 86 valence electrons. The lowest BCUT2D eigenvalue weighted by Crippen LogP contribution is -2.42. The van der Waals surface area contributed by atoms with Crippen LogP contribution in [0.3, 0.4) is 0 Å². The summed E-state index contributed by atoms with van der Waals surface area (Å²) >= 11 is 0. The molecule has 2 aliphatic rings. The molecule has 3 heteroatoms. The number of benzene rings is 1. The number of hydrogen-bond acceptors (Lipinski definition) is 3. The highest BCUT2D eigenvalue weighted by atomic mass is 15.5. The van der Waals surface area contributed by atoms with E-state index in [1.165, 1.54) is 36.1 Å². The molecule has 3 N–H and O–H groups in total. The van der Waals surface area contributed by atoms with Gasteiger partial charge in [-0.05, 0) is 43.4 Å². The molecule has 1 aliphatic heterocycles. The van der Waals surface area contributed by atoms with Gasteiger partial charge in [0.2, 0.25) is 0 Å². The Balaban J connectivity index is 1.99. The van der Waals surface area contributed by atoms with E-state index >= 15 is 0 Å². The number of nitrogens with two attached hydrogens (primary N) is 1. The summed E-state index contributed by atoms with van der Waals surface area (Å²) in [6, 6.07) is 7.36. The highest BCUT2D eigenvalue weighted by Gasteiger charge is 2.32. The maximum Gasteiger partial charge on any atom is 0.0571 e. The van der Waals surface area contributed by atoms with Crippen LogP contribution in [0.25, 0.3) is 0 Å². The van der Waals surface area contributed by atoms with Crippen LogP contribution in [-0.2, 0) is 6.42 Å². The van der Waals surface area contributed by atoms with Gasteiger partial charge in [-0.25, -0.2) is 5.43 Å². The standard InChI is InChI=1S/C13H19N3/c1-9(14)8-16-12-7-3-5-10-4-2-6-11(15-16)13(10)12/h3,5,7,9,11,15H,2,4,6,8,14H2,1H3. The van der Waals surface area contributed by atoms with Crippen molar-refractivity contribution >= 4 is 5.69 Å². The number of hydrazine groups is 1. The largest absolute Gasteiger partial charge is 0.326 e. The van der Waals surface area contributed by atoms with Crippen molar-refractivity contribution in [1.82, 2.24) is 5.43 Å². The number of nitrogens with zero attached hydrogens (tertiary/aromatic N) is 1. The minimum Gasteiger partial charge on any atom is -0.326 e. The Morgan fingerprint density at radius 1 is 1.56 bits per heavy atom. The SMILES string of the molecule is CC(N)CN1NC2CCCc3cccc1c32. The molecule has 3 rings (SSSR count). The van der Waals surface area contributed by atoms with Crippen molar-refractivity contribution in [3.63, 3.8) is 0 Å². The summed E-state index contributed by atoms with van der Waals surface area (Å²) < 4.78 is 0. The first-order valence-electron chi connectivity index (χ1n) is 6.17. The van der Waals surface area contributed by atoms with Crippen LogP contribution in [0.4, 0.5) is 5.69 Å². The molecule has 0 amide bonds. The van der Waals surface area contributed by atoms with E-state index in [1.807, 2.05) is 0 Å². The van der Waals surface area contributed by atoms with Gasteiger partial charge in [0.15, 0.2) is 0 Å². The monoisotopic (exact) mass is 217 g/mol. The molecule has 0 bridgehead atoms. The smallest absolute Gasteiger partial charge is 0.0571 e. The van der Waals surface area contributed by atoms with Gasteiger partial charge >= 0.3 is 0 Å². The molecule has 1 aromatic carbocycles. The molecule has 0 fully saturated rings. The third kappa shape index (κ3) is 1.51. The number of anilines is 1. The van der Waals surface area contributed by atoms with Gasteiger partial charge in [0.1, 0.15) is 0 Å². The highest BCUT2D eigenvalue weighted by Crippen LogP contribution is 2.41. The van der Waals surface area contributed by atoms with Gasteiger partial charge in [0.25, 0.3) is 0 Å². The second-order valence-electron chi connectivity index (χ2n) is 5.01. The normalized spacial score (nSPS) is 24.4. The van der Waals surface area contributed by atoms with E-state index in [1.54, 1.807) is 0 Å². The van der Waals surface area contributed by atoms with Gasteiger partial charge in [0.05, 0.1) is 11.7 Å². The Morgan fingerprint density at radius 3 is 3.25 bits per heavy atom. The molecule has 0 saturated carbocycles. The first-order valence-corrected chi connectivity index (χ1v) is 6.17. The third-order valence-corrected chi connectivity index (χ3v) is 3.53. The topological polar surface area (TPSA) is 41.3 Å². The summed E-state index contributed by atoms with van der Waals surface area (Å²) in [5.41, 5.74) is 13.9. The maximum absolute atomic E-state index is 5.89. The van der Waals surface area contributed by atoms with Gasteiger partial charge in [-0.2, -0.15) is 0 Å². The fourth-order valence-corrected chi connectivity index (χ4v) is 2.92. The second kappa shape index (κ2) is 3.75. The van der Waals surface area contributed by atoms with Crippen LogP contribution in [0.15, 0.2) is 18.2 Å². The molecule has 0 saturated heterocycles. The summed E-state index contributed by atoms with van der Waals surface area (Å²) in [6.45, 7) is 2.94. The van der Waals surface area contributed by atoms with E-state index < -0.39 is 0 Å². The van der Waals surface area contributed by atoms with E-state index in [-0.39, 0.29) is 6.04 Å². The molecular weight excluding hydrogens is 198 g/mol. The lowest BCUT2D eigenvalue weighted by molar-refractivity contribution is 0.470. The lowest BCUT2D eigenvalue weighted by atomic mass is 9.88. The molecular formula is C13H19N3. The van der Waals surface area contributed by atoms with Gasteiger partial charge < -0.3 is 10.7 Å². The van der Waals surface area contributed by atoms with Crippen LogP contribution in [0.1, 0.15) is 36.9 Å². The quantitative estimate of drug-likeness (QED) is 0.793. The number of hydrogen-bond donors (Lipinski definition) is 2. The van der Waals surface area contributed by atoms with Gasteiger partial charge in [0, 0.05) is 12.6 Å². The average molecular weight is 217 g/mol. The number of aryl methyl sites for hydroxylation is 1. The summed E-state index contributed by atoms with van der Waals surface area (Å²) in [6.07, 6.45) is 3.77. The van der Waals surface area contributed by atoms with E-state index in [9.17, 15) is 0 Å². The highest BCUT2D eigenvalue weighted by molar-refractivity contribution is 5.62. The number of rotatable bonds is 2. The molecule has 3 nitrogen and oxygen atoms in total. The molecule has 1 aliphatic carbocycles. The summed E-state index contributed by atoms with van der Waals surface area (Å²) in [5.74, 6) is 0. The van der Waals surface area contributed by atoms with Crippen molar-refractivity contribution < 1.29 is 0 Å². The zero-order chi connectivity index (χ0) is 11.1. The van der Waals surface area contributed by atoms with Crippen molar-refractivity contribution in [1.29, 1.82) is 0 Å². The van der Waals surface area contributed by atoms with Gasteiger partial charge in [-0.1, -0.05) is 12.1 Å². The van der Waals surface area contributed by atoms with Crippen LogP contribution < -0.4 is 16.2 Å². The maximum atomic E-state index is 5.89. The minimum atomic E-state index is 0.198. The molecule has 2 unspecified atom stereocenters. The summed E-state index contributed by atoms with van der Waals surface area (Å²) in [7, 11) is 0. The lowest BCUT2D eigenvalue weighted by Gasteiger charge is -2.22. The van der Waals surface area contributed by atoms with Gasteiger partial charge in [-0.15, -0.1) is 0 Å². The predicted octanol–water partition coefficient (Wildman–Crippen LogP) is 1.74. The van der Waals surface area contributed by atoms with Crippen molar-refractivity contribution in [3.05, 3.63) is 29.3 Å². The third-order valence-electron chi connectivity index (χ3n) is 3.53. The Kier molecular flexibility index (Phi) is 2.37. The minimum absolute atomic E-state index is 0.198. The fourth-order valence-electron chi connectivity index (χ4n) is 2.92. The zero-order valence-electron chi connectivity index (χ0n) is 9.74. The van der Waals surface area contributed by atoms with Crippen LogP contribution >= 0.6 is 0 Å². The Labute approximate surface area is 96.6 Å². The van der Waals surface area contributed by atoms with Crippen molar-refractivity contribution in [2.24, 2.45) is 5.73 Å². The molecule has 16 heavy (non-hydrogen) atoms. The summed E-state index contributed by atoms with van der Waals surface area (Å²) in [4.78, 5) is 0. The average Bonchev–Trinajstić information content (AvgIpc) is 2.59. The Morgan fingerprint density at radius 2 is 2.44 bits per heavy atom. The van der Waals surface area contributed by atoms with E-state index in [0.717, 1.165) is 6.54 Å². The molecule has 1 aromatic rings.